The number of para-hydroxylation sites is 1. The van der Waals surface area contributed by atoms with Crippen molar-refractivity contribution < 1.29 is 19.1 Å². The van der Waals surface area contributed by atoms with Gasteiger partial charge in [0.2, 0.25) is 11.2 Å². The zero-order valence-electron chi connectivity index (χ0n) is 16.6. The summed E-state index contributed by atoms with van der Waals surface area (Å²) in [5.74, 6) is 0.454. The molecule has 2 aromatic carbocycles. The average molecular weight is 362 g/mol. The zero-order chi connectivity index (χ0) is 18.9. The number of nitrogens with zero attached hydrogens (tertiary/aromatic N) is 2. The van der Waals surface area contributed by atoms with Gasteiger partial charge in [-0.3, -0.25) is 0 Å². The highest BCUT2D eigenvalue weighted by Gasteiger charge is 2.83. The van der Waals surface area contributed by atoms with Gasteiger partial charge in [-0.15, -0.1) is 4.57 Å². The Morgan fingerprint density at radius 1 is 1.00 bits per heavy atom. The predicted octanol–water partition coefficient (Wildman–Crippen LogP) is 4.73. The van der Waals surface area contributed by atoms with Gasteiger partial charge in [-0.1, -0.05) is 43.7 Å². The van der Waals surface area contributed by atoms with Crippen molar-refractivity contribution in [2.75, 3.05) is 14.2 Å². The Kier molecular flexibility index (Phi) is 3.51. The van der Waals surface area contributed by atoms with Crippen LogP contribution in [0.4, 0.5) is 0 Å². The molecule has 4 heteroatoms. The Balaban J connectivity index is 1.92. The second-order valence-electron chi connectivity index (χ2n) is 7.99. The molecule has 0 spiro atoms. The van der Waals surface area contributed by atoms with Gasteiger partial charge in [0.25, 0.3) is 0 Å². The van der Waals surface area contributed by atoms with Crippen LogP contribution < -0.4 is 4.57 Å². The third-order valence-electron chi connectivity index (χ3n) is 6.24. The first-order valence-electron chi connectivity index (χ1n) is 9.61. The van der Waals surface area contributed by atoms with Crippen molar-refractivity contribution in [3.63, 3.8) is 0 Å². The van der Waals surface area contributed by atoms with Crippen LogP contribution in [0.2, 0.25) is 0 Å². The summed E-state index contributed by atoms with van der Waals surface area (Å²) < 4.78 is 2.43. The highest BCUT2D eigenvalue weighted by Crippen LogP contribution is 2.62. The van der Waals surface area contributed by atoms with Gasteiger partial charge in [0.05, 0.1) is 25.2 Å². The third-order valence-corrected chi connectivity index (χ3v) is 6.24. The molecule has 3 aromatic rings. The van der Waals surface area contributed by atoms with Crippen LogP contribution in [0.5, 0.6) is 0 Å². The second-order valence-corrected chi connectivity index (χ2v) is 7.99. The molecule has 138 valence electrons. The maximum Gasteiger partial charge on any atom is 0.409 e. The first-order chi connectivity index (χ1) is 13.0. The van der Waals surface area contributed by atoms with Gasteiger partial charge in [-0.05, 0) is 30.5 Å². The standard InChI is InChI=1S/C23H26N2O2/c1-14(2)18-13-21-19-12-15(3)10-11-17(19)22-23(25(22,26-4)27-5)24(21)20-9-7-6-8-16(18)20/h6-14,22-23H,1-5H3/q+2. The van der Waals surface area contributed by atoms with E-state index in [0.29, 0.717) is 5.92 Å². The molecule has 0 aliphatic carbocycles. The van der Waals surface area contributed by atoms with Crippen molar-refractivity contribution >= 4 is 10.9 Å². The number of pyridine rings is 1. The highest BCUT2D eigenvalue weighted by molar-refractivity contribution is 5.83. The summed E-state index contributed by atoms with van der Waals surface area (Å²) in [6.07, 6.45) is 0.0938. The molecule has 27 heavy (non-hydrogen) atoms. The van der Waals surface area contributed by atoms with E-state index in [-0.39, 0.29) is 17.0 Å². The van der Waals surface area contributed by atoms with Crippen LogP contribution in [0.1, 0.15) is 48.7 Å². The smallest absolute Gasteiger partial charge is 0.164 e. The van der Waals surface area contributed by atoms with Crippen molar-refractivity contribution in [2.24, 2.45) is 0 Å². The van der Waals surface area contributed by atoms with E-state index in [2.05, 4.69) is 73.9 Å². The van der Waals surface area contributed by atoms with E-state index in [1.807, 2.05) is 0 Å². The largest absolute Gasteiger partial charge is 0.409 e. The Morgan fingerprint density at radius 3 is 2.44 bits per heavy atom. The molecule has 0 radical (unpaired) electrons. The summed E-state index contributed by atoms with van der Waals surface area (Å²) in [7, 11) is 3.47. The van der Waals surface area contributed by atoms with Gasteiger partial charge in [0.15, 0.2) is 0 Å². The minimum Gasteiger partial charge on any atom is -0.164 e. The molecule has 0 saturated carbocycles. The van der Waals surface area contributed by atoms with E-state index in [1.165, 1.54) is 38.9 Å². The number of rotatable bonds is 3. The Labute approximate surface area is 160 Å². The molecule has 1 aromatic heterocycles. The van der Waals surface area contributed by atoms with Crippen molar-refractivity contribution in [3.05, 3.63) is 65.2 Å². The molecular formula is C23H26N2O2+2. The predicted molar refractivity (Wildman–Crippen MR) is 104 cm³/mol. The minimum atomic E-state index is 0.0938. The average Bonchev–Trinajstić information content (AvgIpc) is 3.36. The number of aromatic nitrogens is 1. The van der Waals surface area contributed by atoms with Gasteiger partial charge in [-0.2, -0.15) is 9.68 Å². The van der Waals surface area contributed by atoms with Crippen LogP contribution in [0.15, 0.2) is 48.5 Å². The molecule has 1 fully saturated rings. The van der Waals surface area contributed by atoms with Crippen molar-refractivity contribution in [1.82, 2.24) is 0 Å². The lowest BCUT2D eigenvalue weighted by molar-refractivity contribution is -1.21. The van der Waals surface area contributed by atoms with E-state index in [1.54, 1.807) is 14.2 Å². The van der Waals surface area contributed by atoms with E-state index >= 15 is 0 Å². The molecule has 0 bridgehead atoms. The van der Waals surface area contributed by atoms with Crippen LogP contribution in [-0.4, -0.2) is 19.0 Å². The van der Waals surface area contributed by atoms with Gasteiger partial charge in [0.1, 0.15) is 0 Å². The number of hydrogen-bond acceptors (Lipinski definition) is 2. The number of quaternary nitrogens is 1. The van der Waals surface area contributed by atoms with Gasteiger partial charge >= 0.3 is 12.2 Å². The van der Waals surface area contributed by atoms with Crippen LogP contribution in [0, 0.1) is 6.92 Å². The first-order valence-corrected chi connectivity index (χ1v) is 9.61. The number of fused-ring (bicyclic) bond motifs is 8. The third kappa shape index (κ3) is 2.06. The van der Waals surface area contributed by atoms with Crippen LogP contribution in [-0.2, 0) is 9.68 Å². The van der Waals surface area contributed by atoms with Crippen molar-refractivity contribution in [3.8, 4) is 11.3 Å². The van der Waals surface area contributed by atoms with Crippen molar-refractivity contribution in [2.45, 2.75) is 38.9 Å². The fourth-order valence-corrected chi connectivity index (χ4v) is 4.93. The first kappa shape index (κ1) is 16.9. The Morgan fingerprint density at radius 2 is 1.74 bits per heavy atom. The molecule has 2 aliphatic rings. The van der Waals surface area contributed by atoms with Crippen LogP contribution in [0.25, 0.3) is 22.2 Å². The number of benzene rings is 2. The van der Waals surface area contributed by atoms with Crippen LogP contribution >= 0.6 is 0 Å². The fourth-order valence-electron chi connectivity index (χ4n) is 4.93. The number of hydroxylamine groups is 4. The molecule has 0 amide bonds. The van der Waals surface area contributed by atoms with Crippen molar-refractivity contribution in [1.29, 1.82) is 0 Å². The molecular weight excluding hydrogens is 336 g/mol. The molecule has 3 heterocycles. The maximum atomic E-state index is 5.91. The molecule has 0 N–H and O–H groups in total. The normalized spacial score (nSPS) is 21.7. The summed E-state index contributed by atoms with van der Waals surface area (Å²) >= 11 is 0. The summed E-state index contributed by atoms with van der Waals surface area (Å²) in [6, 6.07) is 18.0. The molecule has 4 nitrogen and oxygen atoms in total. The van der Waals surface area contributed by atoms with Gasteiger partial charge < -0.3 is 0 Å². The maximum absolute atomic E-state index is 5.91. The van der Waals surface area contributed by atoms with E-state index in [0.717, 1.165) is 0 Å². The SMILES string of the molecule is CO[N+]1(OC)C2c3ccc(C)cc3-c3cc(C(C)C)c4ccccc4[n+]3C21. The zero-order valence-corrected chi connectivity index (χ0v) is 16.6. The summed E-state index contributed by atoms with van der Waals surface area (Å²) in [5.41, 5.74) is 7.75. The minimum absolute atomic E-state index is 0.0938. The fraction of sp³-hybridized carbons (Fsp3) is 0.348. The summed E-state index contributed by atoms with van der Waals surface area (Å²) in [4.78, 5) is 12.0. The van der Waals surface area contributed by atoms with E-state index < -0.39 is 0 Å². The highest BCUT2D eigenvalue weighted by atomic mass is 17.0. The lowest BCUT2D eigenvalue weighted by Crippen LogP contribution is -2.43. The lowest BCUT2D eigenvalue weighted by Gasteiger charge is -2.15. The lowest BCUT2D eigenvalue weighted by atomic mass is 9.90. The number of hydrogen-bond donors (Lipinski definition) is 0. The summed E-state index contributed by atoms with van der Waals surface area (Å²) in [6.45, 7) is 6.69. The molecule has 5 rings (SSSR count). The monoisotopic (exact) mass is 362 g/mol. The Bertz CT molecular complexity index is 1070. The number of aryl methyl sites for hydroxylation is 1. The molecule has 2 aliphatic heterocycles. The quantitative estimate of drug-likeness (QED) is 0.382. The summed E-state index contributed by atoms with van der Waals surface area (Å²) in [5, 5.41) is 1.31. The topological polar surface area (TPSA) is 22.3 Å². The second kappa shape index (κ2) is 5.61. The van der Waals surface area contributed by atoms with E-state index in [4.69, 9.17) is 9.68 Å². The molecule has 2 unspecified atom stereocenters. The molecule has 1 saturated heterocycles. The van der Waals surface area contributed by atoms with Gasteiger partial charge in [-0.25, -0.2) is 0 Å². The van der Waals surface area contributed by atoms with E-state index in [9.17, 15) is 0 Å². The Hall–Kier alpha value is -2.27. The molecule has 2 atom stereocenters. The van der Waals surface area contributed by atoms with Crippen LogP contribution in [0.3, 0.4) is 0 Å². The van der Waals surface area contributed by atoms with Gasteiger partial charge in [0, 0.05) is 22.5 Å².